The number of rotatable bonds is 3. The lowest BCUT2D eigenvalue weighted by atomic mass is 9.74. The highest BCUT2D eigenvalue weighted by Gasteiger charge is 2.36. The third-order valence-corrected chi connectivity index (χ3v) is 2.76. The fraction of sp³-hybridized carbons (Fsp3) is 0.846. The Balaban J connectivity index is 4.84. The van der Waals surface area contributed by atoms with Crippen LogP contribution in [0.15, 0.2) is 0 Å². The van der Waals surface area contributed by atoms with Gasteiger partial charge in [-0.15, -0.1) is 0 Å². The van der Waals surface area contributed by atoms with Crippen molar-refractivity contribution < 1.29 is 14.3 Å². The molecule has 1 atom stereocenters. The Kier molecular flexibility index (Phi) is 4.71. The number of carbonyl (C=O) groups is 2. The minimum absolute atomic E-state index is 0.0952. The van der Waals surface area contributed by atoms with E-state index in [1.165, 1.54) is 7.11 Å². The Morgan fingerprint density at radius 2 is 1.50 bits per heavy atom. The maximum atomic E-state index is 11.9. The molecule has 0 saturated carbocycles. The first kappa shape index (κ1) is 15.1. The quantitative estimate of drug-likeness (QED) is 0.698. The molecule has 1 unspecified atom stereocenters. The zero-order chi connectivity index (χ0) is 13.1. The molecule has 0 aromatic carbocycles. The van der Waals surface area contributed by atoms with Gasteiger partial charge in [-0.25, -0.2) is 0 Å². The molecular formula is C13H24O3. The van der Waals surface area contributed by atoms with Gasteiger partial charge in [0.15, 0.2) is 0 Å². The SMILES string of the molecule is COC(=O)C(CC(=O)C(C)(C)C)C(C)(C)C. The van der Waals surface area contributed by atoms with Crippen molar-refractivity contribution >= 4 is 11.8 Å². The molecule has 0 rings (SSSR count). The van der Waals surface area contributed by atoms with Crippen molar-refractivity contribution in [2.24, 2.45) is 16.7 Å². The van der Waals surface area contributed by atoms with Gasteiger partial charge in [0.05, 0.1) is 13.0 Å². The van der Waals surface area contributed by atoms with E-state index >= 15 is 0 Å². The van der Waals surface area contributed by atoms with Crippen LogP contribution in [0.25, 0.3) is 0 Å². The third-order valence-electron chi connectivity index (χ3n) is 2.76. The van der Waals surface area contributed by atoms with Crippen LogP contribution in [0.5, 0.6) is 0 Å². The molecule has 3 nitrogen and oxygen atoms in total. The molecule has 0 aliphatic carbocycles. The summed E-state index contributed by atoms with van der Waals surface area (Å²) in [6.45, 7) is 11.4. The lowest BCUT2D eigenvalue weighted by Crippen LogP contribution is -2.34. The monoisotopic (exact) mass is 228 g/mol. The van der Waals surface area contributed by atoms with Crippen LogP contribution in [-0.4, -0.2) is 18.9 Å². The molecule has 0 aromatic rings. The van der Waals surface area contributed by atoms with Gasteiger partial charge in [-0.1, -0.05) is 41.5 Å². The average molecular weight is 228 g/mol. The van der Waals surface area contributed by atoms with E-state index in [0.717, 1.165) is 0 Å². The third kappa shape index (κ3) is 4.33. The van der Waals surface area contributed by atoms with Crippen molar-refractivity contribution in [2.75, 3.05) is 7.11 Å². The van der Waals surface area contributed by atoms with Crippen LogP contribution in [0, 0.1) is 16.7 Å². The van der Waals surface area contributed by atoms with Gasteiger partial charge in [0, 0.05) is 11.8 Å². The summed E-state index contributed by atoms with van der Waals surface area (Å²) in [6.07, 6.45) is 0.250. The summed E-state index contributed by atoms with van der Waals surface area (Å²) in [5.41, 5.74) is -0.661. The van der Waals surface area contributed by atoms with Gasteiger partial charge in [-0.3, -0.25) is 9.59 Å². The van der Waals surface area contributed by atoms with E-state index in [1.54, 1.807) is 0 Å². The first-order valence-corrected chi connectivity index (χ1v) is 5.61. The average Bonchev–Trinajstić information content (AvgIpc) is 2.09. The summed E-state index contributed by atoms with van der Waals surface area (Å²) in [5.74, 6) is -0.577. The number of esters is 1. The number of hydrogen-bond donors (Lipinski definition) is 0. The molecule has 0 bridgehead atoms. The second-order valence-corrected chi connectivity index (χ2v) is 6.32. The molecule has 3 heteroatoms. The predicted molar refractivity (Wildman–Crippen MR) is 64.0 cm³/mol. The van der Waals surface area contributed by atoms with E-state index < -0.39 is 5.41 Å². The van der Waals surface area contributed by atoms with Gasteiger partial charge in [-0.05, 0) is 5.41 Å². The maximum absolute atomic E-state index is 11.9. The Morgan fingerprint density at radius 3 is 1.75 bits per heavy atom. The molecular weight excluding hydrogens is 204 g/mol. The number of ether oxygens (including phenoxy) is 1. The molecule has 0 aliphatic heterocycles. The molecule has 0 saturated heterocycles. The summed E-state index contributed by atoms with van der Waals surface area (Å²) in [7, 11) is 1.36. The van der Waals surface area contributed by atoms with E-state index in [0.29, 0.717) is 0 Å². The molecule has 0 N–H and O–H groups in total. The van der Waals surface area contributed by atoms with Gasteiger partial charge in [0.1, 0.15) is 5.78 Å². The number of carbonyl (C=O) groups excluding carboxylic acids is 2. The van der Waals surface area contributed by atoms with Crippen LogP contribution >= 0.6 is 0 Å². The van der Waals surface area contributed by atoms with Gasteiger partial charge < -0.3 is 4.74 Å². The van der Waals surface area contributed by atoms with Gasteiger partial charge in [0.25, 0.3) is 0 Å². The van der Waals surface area contributed by atoms with Gasteiger partial charge in [-0.2, -0.15) is 0 Å². The summed E-state index contributed by atoms with van der Waals surface area (Å²) in [5, 5.41) is 0. The first-order valence-electron chi connectivity index (χ1n) is 5.61. The highest BCUT2D eigenvalue weighted by Crippen LogP contribution is 2.32. The fourth-order valence-electron chi connectivity index (χ4n) is 1.38. The zero-order valence-corrected chi connectivity index (χ0v) is 11.5. The van der Waals surface area contributed by atoms with Gasteiger partial charge in [0.2, 0.25) is 0 Å². The topological polar surface area (TPSA) is 43.4 Å². The number of ketones is 1. The smallest absolute Gasteiger partial charge is 0.309 e. The first-order chi connectivity index (χ1) is 7.00. The number of hydrogen-bond acceptors (Lipinski definition) is 3. The maximum Gasteiger partial charge on any atom is 0.309 e. The van der Waals surface area contributed by atoms with Crippen molar-refractivity contribution in [1.29, 1.82) is 0 Å². The highest BCUT2D eigenvalue weighted by atomic mass is 16.5. The van der Waals surface area contributed by atoms with Crippen molar-refractivity contribution in [3.8, 4) is 0 Å². The number of methoxy groups -OCH3 is 1. The Labute approximate surface area is 98.6 Å². The summed E-state index contributed by atoms with van der Waals surface area (Å²) in [4.78, 5) is 23.6. The van der Waals surface area contributed by atoms with Gasteiger partial charge >= 0.3 is 5.97 Å². The Hall–Kier alpha value is -0.860. The lowest BCUT2D eigenvalue weighted by molar-refractivity contribution is -0.152. The largest absolute Gasteiger partial charge is 0.469 e. The van der Waals surface area contributed by atoms with Crippen LogP contribution in [0.1, 0.15) is 48.0 Å². The molecule has 0 aliphatic rings. The standard InChI is InChI=1S/C13H24O3/c1-12(2,3)9(11(15)16-7)8-10(14)13(4,5)6/h9H,8H2,1-7H3. The minimum Gasteiger partial charge on any atom is -0.469 e. The lowest BCUT2D eigenvalue weighted by Gasteiger charge is -2.30. The molecule has 94 valence electrons. The van der Waals surface area contributed by atoms with Crippen molar-refractivity contribution in [1.82, 2.24) is 0 Å². The summed E-state index contributed by atoms with van der Waals surface area (Å²) >= 11 is 0. The fourth-order valence-corrected chi connectivity index (χ4v) is 1.38. The van der Waals surface area contributed by atoms with Crippen molar-refractivity contribution in [3.05, 3.63) is 0 Å². The van der Waals surface area contributed by atoms with E-state index in [9.17, 15) is 9.59 Å². The molecule has 0 amide bonds. The van der Waals surface area contributed by atoms with Crippen LogP contribution < -0.4 is 0 Å². The van der Waals surface area contributed by atoms with E-state index in [4.69, 9.17) is 4.74 Å². The van der Waals surface area contributed by atoms with Crippen LogP contribution in [0.4, 0.5) is 0 Å². The predicted octanol–water partition coefficient (Wildman–Crippen LogP) is 2.83. The van der Waals surface area contributed by atoms with Crippen LogP contribution in [0.2, 0.25) is 0 Å². The van der Waals surface area contributed by atoms with Crippen molar-refractivity contribution in [2.45, 2.75) is 48.0 Å². The summed E-state index contributed by atoms with van der Waals surface area (Å²) < 4.78 is 4.76. The van der Waals surface area contributed by atoms with Crippen LogP contribution in [-0.2, 0) is 14.3 Å². The highest BCUT2D eigenvalue weighted by molar-refractivity contribution is 5.88. The molecule has 0 fully saturated rings. The van der Waals surface area contributed by atoms with E-state index in [2.05, 4.69) is 0 Å². The Bertz CT molecular complexity index is 266. The second-order valence-electron chi connectivity index (χ2n) is 6.32. The molecule has 0 radical (unpaired) electrons. The number of Topliss-reactive ketones (excluding diaryl/α,β-unsaturated/α-hetero) is 1. The second kappa shape index (κ2) is 4.98. The molecule has 0 aromatic heterocycles. The zero-order valence-electron chi connectivity index (χ0n) is 11.5. The van der Waals surface area contributed by atoms with E-state index in [-0.39, 0.29) is 29.5 Å². The summed E-state index contributed by atoms with van der Waals surface area (Å²) in [6, 6.07) is 0. The van der Waals surface area contributed by atoms with E-state index in [1.807, 2.05) is 41.5 Å². The van der Waals surface area contributed by atoms with Crippen molar-refractivity contribution in [3.63, 3.8) is 0 Å². The van der Waals surface area contributed by atoms with Crippen LogP contribution in [0.3, 0.4) is 0 Å². The molecule has 0 heterocycles. The Morgan fingerprint density at radius 1 is 1.06 bits per heavy atom. The molecule has 16 heavy (non-hydrogen) atoms. The molecule has 0 spiro atoms. The normalized spacial score (nSPS) is 14.4. The minimum atomic E-state index is -0.405.